The lowest BCUT2D eigenvalue weighted by Gasteiger charge is -2.26. The Balaban J connectivity index is 1.34. The van der Waals surface area contributed by atoms with Crippen LogP contribution in [0.1, 0.15) is 0 Å². The molecule has 5 rings (SSSR count). The summed E-state index contributed by atoms with van der Waals surface area (Å²) >= 11 is 0. The predicted molar refractivity (Wildman–Crippen MR) is 172 cm³/mol. The molecule has 0 fully saturated rings. The Labute approximate surface area is 231 Å². The average molecular weight is 553 g/mol. The van der Waals surface area contributed by atoms with Gasteiger partial charge in [-0.1, -0.05) is 121 Å². The number of aromatic nitrogens is 2. The summed E-state index contributed by atoms with van der Waals surface area (Å²) < 4.78 is 2.25. The van der Waals surface area contributed by atoms with Gasteiger partial charge in [-0.2, -0.15) is 0 Å². The minimum absolute atomic E-state index is 0.108. The molecule has 5 heteroatoms. The van der Waals surface area contributed by atoms with E-state index in [-0.39, 0.29) is 23.8 Å². The molecule has 0 aliphatic carbocycles. The van der Waals surface area contributed by atoms with Gasteiger partial charge in [0.1, 0.15) is 0 Å². The lowest BCUT2D eigenvalue weighted by atomic mass is 10.4. The van der Waals surface area contributed by atoms with Crippen molar-refractivity contribution in [1.82, 2.24) is 9.55 Å². The van der Waals surface area contributed by atoms with Crippen molar-refractivity contribution in [2.45, 2.75) is 6.54 Å². The van der Waals surface area contributed by atoms with Gasteiger partial charge in [-0.3, -0.25) is 0 Å². The van der Waals surface area contributed by atoms with Crippen molar-refractivity contribution >= 4 is 45.0 Å². The second-order valence-electron chi connectivity index (χ2n) is 9.29. The number of hydrogen-bond acceptors (Lipinski definition) is 1. The molecule has 0 aliphatic rings. The van der Waals surface area contributed by atoms with E-state index in [0.717, 1.165) is 6.54 Å². The molecule has 1 aromatic heterocycles. The minimum atomic E-state index is -0.350. The van der Waals surface area contributed by atoms with Gasteiger partial charge >= 0.3 is 0 Å². The summed E-state index contributed by atoms with van der Waals surface area (Å²) in [5, 5.41) is 5.98. The topological polar surface area (TPSA) is 17.8 Å². The highest BCUT2D eigenvalue weighted by Gasteiger charge is 2.20. The maximum atomic E-state index is 4.28. The molecule has 1 heterocycles. The van der Waals surface area contributed by atoms with Crippen molar-refractivity contribution in [2.75, 3.05) is 30.8 Å². The Morgan fingerprint density at radius 2 is 0.868 bits per heavy atom. The molecule has 2 nitrogen and oxygen atoms in total. The minimum Gasteiger partial charge on any atom is -0.337 e. The highest BCUT2D eigenvalue weighted by Crippen LogP contribution is 2.45. The number of aryl methyl sites for hydroxylation is 1. The van der Waals surface area contributed by atoms with Crippen molar-refractivity contribution in [1.29, 1.82) is 0 Å². The molecule has 0 aliphatic heterocycles. The number of imidazole rings is 1. The van der Waals surface area contributed by atoms with Gasteiger partial charge in [0.15, 0.2) is 0 Å². The molecule has 0 atom stereocenters. The lowest BCUT2D eigenvalue weighted by Crippen LogP contribution is -2.18. The van der Waals surface area contributed by atoms with Crippen LogP contribution in [0.15, 0.2) is 140 Å². The number of hydrogen-bond donors (Lipinski definition) is 0. The maximum absolute atomic E-state index is 4.28. The van der Waals surface area contributed by atoms with E-state index in [2.05, 4.69) is 137 Å². The molecule has 4 aromatic carbocycles. The predicted octanol–water partition coefficient (Wildman–Crippen LogP) is 6.63. The van der Waals surface area contributed by atoms with Gasteiger partial charge in [0.25, 0.3) is 0 Å². The van der Waals surface area contributed by atoms with Gasteiger partial charge in [-0.15, -0.1) is 7.92 Å². The van der Waals surface area contributed by atoms with Crippen molar-refractivity contribution in [3.8, 4) is 0 Å². The normalized spacial score (nSPS) is 11.4. The fourth-order valence-electron chi connectivity index (χ4n) is 4.74. The van der Waals surface area contributed by atoms with E-state index in [9.17, 15) is 0 Å². The fraction of sp³-hybridized carbons (Fsp3) is 0.182. The lowest BCUT2D eigenvalue weighted by molar-refractivity contribution is 0.766. The van der Waals surface area contributed by atoms with Crippen LogP contribution in [0.4, 0.5) is 0 Å². The standard InChI is InChI=1S/C33H35N2P3/c1-5-13-30(14-6-1)37(31-15-7-2-8-16-31)27-25-36(24-23-35-22-21-34-29-35)26-28-38(32-17-9-3-10-18-32)33-19-11-4-12-20-33/h1-22,29H,23-28H2. The highest BCUT2D eigenvalue weighted by molar-refractivity contribution is 7.75. The Bertz CT molecular complexity index is 1150. The third-order valence-electron chi connectivity index (χ3n) is 6.78. The zero-order valence-corrected chi connectivity index (χ0v) is 24.4. The zero-order valence-electron chi connectivity index (χ0n) is 21.8. The third-order valence-corrected chi connectivity index (χ3v) is 15.1. The van der Waals surface area contributed by atoms with Crippen LogP contribution in [0, 0.1) is 0 Å². The monoisotopic (exact) mass is 552 g/mol. The summed E-state index contributed by atoms with van der Waals surface area (Å²) in [6.45, 7) is 1.06. The third kappa shape index (κ3) is 7.71. The zero-order chi connectivity index (χ0) is 25.8. The summed E-state index contributed by atoms with van der Waals surface area (Å²) in [7, 11) is -0.809. The van der Waals surface area contributed by atoms with Crippen molar-refractivity contribution < 1.29 is 0 Å². The van der Waals surface area contributed by atoms with Crippen LogP contribution in [-0.2, 0) is 6.54 Å². The van der Waals surface area contributed by atoms with E-state index >= 15 is 0 Å². The maximum Gasteiger partial charge on any atom is 0.0946 e. The first-order chi connectivity index (χ1) is 18.9. The van der Waals surface area contributed by atoms with Crippen LogP contribution in [0.5, 0.6) is 0 Å². The van der Waals surface area contributed by atoms with Gasteiger partial charge in [0.05, 0.1) is 6.33 Å². The Morgan fingerprint density at radius 3 is 1.21 bits per heavy atom. The van der Waals surface area contributed by atoms with Gasteiger partial charge in [-0.05, 0) is 67.9 Å². The van der Waals surface area contributed by atoms with Crippen molar-refractivity contribution in [2.24, 2.45) is 0 Å². The first-order valence-electron chi connectivity index (χ1n) is 13.3. The average Bonchev–Trinajstić information content (AvgIpc) is 3.52. The molecular weight excluding hydrogens is 517 g/mol. The van der Waals surface area contributed by atoms with Gasteiger partial charge in [0, 0.05) is 18.9 Å². The number of rotatable bonds is 13. The molecule has 38 heavy (non-hydrogen) atoms. The first kappa shape index (κ1) is 27.0. The first-order valence-corrected chi connectivity index (χ1v) is 18.3. The SMILES string of the molecule is c1ccc(P(CCP(CCn2ccnc2)CCP(c2ccccc2)c2ccccc2)c2ccccc2)cc1. The van der Waals surface area contributed by atoms with Crippen molar-refractivity contribution in [3.63, 3.8) is 0 Å². The second-order valence-corrected chi connectivity index (χ2v) is 16.6. The van der Waals surface area contributed by atoms with Gasteiger partial charge in [-0.25, -0.2) is 4.98 Å². The fourth-order valence-corrected chi connectivity index (χ4v) is 13.5. The van der Waals surface area contributed by atoms with E-state index in [1.165, 1.54) is 52.0 Å². The molecule has 0 unspecified atom stereocenters. The Hall–Kier alpha value is -2.62. The highest BCUT2D eigenvalue weighted by atomic mass is 31.1. The molecule has 0 saturated heterocycles. The summed E-state index contributed by atoms with van der Waals surface area (Å²) in [4.78, 5) is 4.28. The smallest absolute Gasteiger partial charge is 0.0946 e. The molecule has 0 amide bonds. The van der Waals surface area contributed by atoms with Crippen LogP contribution in [0.25, 0.3) is 0 Å². The summed E-state index contributed by atoms with van der Waals surface area (Å²) in [5.41, 5.74) is 0. The van der Waals surface area contributed by atoms with Gasteiger partial charge in [0.2, 0.25) is 0 Å². The van der Waals surface area contributed by atoms with Crippen LogP contribution >= 0.6 is 23.8 Å². The Morgan fingerprint density at radius 1 is 0.474 bits per heavy atom. The van der Waals surface area contributed by atoms with E-state index in [4.69, 9.17) is 0 Å². The van der Waals surface area contributed by atoms with E-state index in [0.29, 0.717) is 0 Å². The molecule has 192 valence electrons. The van der Waals surface area contributed by atoms with Crippen molar-refractivity contribution in [3.05, 3.63) is 140 Å². The molecule has 0 saturated carbocycles. The second kappa shape index (κ2) is 14.5. The number of nitrogens with zero attached hydrogens (tertiary/aromatic N) is 2. The largest absolute Gasteiger partial charge is 0.337 e. The quantitative estimate of drug-likeness (QED) is 0.150. The molecule has 5 aromatic rings. The molecule has 0 N–H and O–H groups in total. The molecule has 0 bridgehead atoms. The van der Waals surface area contributed by atoms with Crippen LogP contribution in [-0.4, -0.2) is 40.4 Å². The summed E-state index contributed by atoms with van der Waals surface area (Å²) in [5.74, 6) is 0. The van der Waals surface area contributed by atoms with E-state index < -0.39 is 0 Å². The molecule has 0 radical (unpaired) electrons. The van der Waals surface area contributed by atoms with E-state index in [1.54, 1.807) is 0 Å². The summed E-state index contributed by atoms with van der Waals surface area (Å²) in [6.07, 6.45) is 12.4. The summed E-state index contributed by atoms with van der Waals surface area (Å²) in [6, 6.07) is 44.8. The van der Waals surface area contributed by atoms with E-state index in [1.807, 2.05) is 12.5 Å². The van der Waals surface area contributed by atoms with Crippen LogP contribution in [0.2, 0.25) is 0 Å². The Kier molecular flexibility index (Phi) is 10.3. The molecular formula is C33H35N2P3. The van der Waals surface area contributed by atoms with Crippen LogP contribution in [0.3, 0.4) is 0 Å². The number of benzene rings is 4. The molecule has 0 spiro atoms. The van der Waals surface area contributed by atoms with Gasteiger partial charge < -0.3 is 4.57 Å². The van der Waals surface area contributed by atoms with Crippen LogP contribution < -0.4 is 21.2 Å².